The van der Waals surface area contributed by atoms with Crippen LogP contribution in [0.4, 0.5) is 0 Å². The van der Waals surface area contributed by atoms with Crippen molar-refractivity contribution in [2.75, 3.05) is 0 Å². The summed E-state index contributed by atoms with van der Waals surface area (Å²) < 4.78 is 4.81. The third-order valence-corrected chi connectivity index (χ3v) is 32.1. The molecule has 2 unspecified atom stereocenters. The van der Waals surface area contributed by atoms with Gasteiger partial charge in [0.2, 0.25) is 0 Å². The summed E-state index contributed by atoms with van der Waals surface area (Å²) in [6, 6.07) is 0. The van der Waals surface area contributed by atoms with Crippen molar-refractivity contribution in [1.29, 1.82) is 0 Å². The number of allylic oxidation sites excluding steroid dienone is 8. The first kappa shape index (κ1) is 19.0. The van der Waals surface area contributed by atoms with Crippen LogP contribution in [-0.4, -0.2) is 6.88 Å². The van der Waals surface area contributed by atoms with E-state index >= 15 is 0 Å². The van der Waals surface area contributed by atoms with Gasteiger partial charge in [0.25, 0.3) is 0 Å². The van der Waals surface area contributed by atoms with E-state index in [0.717, 1.165) is 0 Å². The molecule has 0 aromatic heterocycles. The van der Waals surface area contributed by atoms with Crippen LogP contribution in [0.2, 0.25) is 16.5 Å². The summed E-state index contributed by atoms with van der Waals surface area (Å²) in [5.74, 6) is 0. The molecule has 4 heteroatoms. The second-order valence-corrected chi connectivity index (χ2v) is 78.0. The molecule has 0 saturated heterocycles. The van der Waals surface area contributed by atoms with E-state index in [1.807, 2.05) is 6.88 Å². The van der Waals surface area contributed by atoms with Crippen LogP contribution in [0.15, 0.2) is 45.6 Å². The van der Waals surface area contributed by atoms with Crippen LogP contribution in [0.1, 0.15) is 41.5 Å². The van der Waals surface area contributed by atoms with E-state index in [9.17, 15) is 0 Å². The van der Waals surface area contributed by atoms with Gasteiger partial charge in [-0.15, -0.1) is 0 Å². The molecule has 0 aliphatic heterocycles. The Kier molecular flexibility index (Phi) is 3.50. The Hall–Kier alpha value is 0.640. The summed E-state index contributed by atoms with van der Waals surface area (Å²) in [7, 11) is 15.7. The molecule has 0 aromatic carbocycles. The number of rotatable bonds is 2. The fourth-order valence-electron chi connectivity index (χ4n) is 5.97. The molecule has 2 rings (SSSR count). The van der Waals surface area contributed by atoms with Gasteiger partial charge in [0.15, 0.2) is 0 Å². The SMILES string of the molecule is CC1=CC(C)=C(C)[CH]1[Zr]([CH3])([CH3])(=[SiH2])([Cl])([Cl])[CH]1C(C)=CC(C)=C1C. The van der Waals surface area contributed by atoms with Crippen LogP contribution in [-0.2, 0) is 12.0 Å². The van der Waals surface area contributed by atoms with Gasteiger partial charge in [0, 0.05) is 0 Å². The first-order chi connectivity index (χ1) is 9.42. The standard InChI is InChI=1S/2C8H11.2CH3.2ClH.H2Si.Zr/c2*1-6-4-7(2)8(3)5-6;;;;;;/h2*4-5H,1-3H3;2*1H3;2*1H;1H2;/q;;;;;;;+2/p-2. The third-order valence-electron chi connectivity index (χ3n) is 6.24. The average Bonchev–Trinajstić information content (AvgIpc) is 2.64. The Morgan fingerprint density at radius 1 is 0.773 bits per heavy atom. The fourth-order valence-corrected chi connectivity index (χ4v) is 41.3. The fraction of sp³-hybridized carbons (Fsp3) is 0.556. The van der Waals surface area contributed by atoms with Crippen molar-refractivity contribution in [3.05, 3.63) is 45.6 Å². The van der Waals surface area contributed by atoms with Crippen molar-refractivity contribution in [2.24, 2.45) is 0 Å². The molecule has 0 radical (unpaired) electrons. The molecule has 2 aliphatic carbocycles. The predicted octanol–water partition coefficient (Wildman–Crippen LogP) is 6.87. The molecule has 2 atom stereocenters. The van der Waals surface area contributed by atoms with Crippen LogP contribution >= 0.6 is 17.0 Å². The van der Waals surface area contributed by atoms with Crippen LogP contribution in [0.5, 0.6) is 0 Å². The maximum absolute atomic E-state index is 7.84. The van der Waals surface area contributed by atoms with E-state index in [2.05, 4.69) is 63.0 Å². The summed E-state index contributed by atoms with van der Waals surface area (Å²) in [4.78, 5) is 0. The van der Waals surface area contributed by atoms with Gasteiger partial charge in [-0.3, -0.25) is 0 Å². The molecule has 2 aliphatic rings. The van der Waals surface area contributed by atoms with E-state index in [1.54, 1.807) is 0 Å². The van der Waals surface area contributed by atoms with Crippen molar-refractivity contribution in [3.63, 3.8) is 0 Å². The zero-order valence-electron chi connectivity index (χ0n) is 15.3. The zero-order valence-corrected chi connectivity index (χ0v) is 20.7. The third kappa shape index (κ3) is 2.48. The van der Waals surface area contributed by atoms with Gasteiger partial charge >= 0.3 is 140 Å². The molecular weight excluding hydrogens is 406 g/mol. The minimum absolute atomic E-state index is 0.160. The molecule has 124 valence electrons. The Balaban J connectivity index is 2.93. The van der Waals surface area contributed by atoms with Gasteiger partial charge in [0.05, 0.1) is 0 Å². The van der Waals surface area contributed by atoms with Crippen LogP contribution in [0.25, 0.3) is 0 Å². The molecule has 22 heavy (non-hydrogen) atoms. The average molecular weight is 437 g/mol. The van der Waals surface area contributed by atoms with Gasteiger partial charge < -0.3 is 0 Å². The monoisotopic (exact) mass is 434 g/mol. The molecule has 0 saturated carbocycles. The molecule has 0 N–H and O–H groups in total. The zero-order chi connectivity index (χ0) is 17.4. The van der Waals surface area contributed by atoms with Crippen molar-refractivity contribution in [1.82, 2.24) is 0 Å². The van der Waals surface area contributed by atoms with Crippen molar-refractivity contribution < 1.29 is 12.0 Å². The molecule has 0 spiro atoms. The van der Waals surface area contributed by atoms with E-state index < -0.39 is 12.0 Å². The second kappa shape index (κ2) is 4.06. The van der Waals surface area contributed by atoms with E-state index in [4.69, 9.17) is 17.0 Å². The van der Waals surface area contributed by atoms with Gasteiger partial charge in [-0.2, -0.15) is 0 Å². The van der Waals surface area contributed by atoms with Crippen molar-refractivity contribution in [2.45, 2.75) is 58.1 Å². The first-order valence-corrected chi connectivity index (χ1v) is 28.1. The predicted molar refractivity (Wildman–Crippen MR) is 104 cm³/mol. The summed E-state index contributed by atoms with van der Waals surface area (Å²) >= 11 is -5.17. The van der Waals surface area contributed by atoms with Crippen LogP contribution < -0.4 is 0 Å². The van der Waals surface area contributed by atoms with Gasteiger partial charge in [-0.05, 0) is 0 Å². The molecular formula is C18H30Cl2SiZr. The Bertz CT molecular complexity index is 766. The van der Waals surface area contributed by atoms with Crippen molar-refractivity contribution >= 4 is 23.9 Å². The normalized spacial score (nSPS) is 31.5. The summed E-state index contributed by atoms with van der Waals surface area (Å²) in [5.41, 5.74) is 8.01. The quantitative estimate of drug-likeness (QED) is 0.414. The molecule has 0 aromatic rings. The number of halogens is 2. The van der Waals surface area contributed by atoms with Crippen molar-refractivity contribution in [3.8, 4) is 0 Å². The minimum atomic E-state index is -5.17. The Morgan fingerprint density at radius 3 is 1.23 bits per heavy atom. The number of hydrogen-bond donors (Lipinski definition) is 0. The number of hydrogen-bond acceptors (Lipinski definition) is 0. The topological polar surface area (TPSA) is 0 Å². The summed E-state index contributed by atoms with van der Waals surface area (Å²) in [6.07, 6.45) is 4.55. The molecule has 0 bridgehead atoms. The van der Waals surface area contributed by atoms with E-state index in [-0.39, 0.29) is 7.25 Å². The molecule has 0 nitrogen and oxygen atoms in total. The van der Waals surface area contributed by atoms with Gasteiger partial charge in [-0.25, -0.2) is 0 Å². The summed E-state index contributed by atoms with van der Waals surface area (Å²) in [6.45, 7) is 15.1. The van der Waals surface area contributed by atoms with E-state index in [1.165, 1.54) is 33.4 Å². The van der Waals surface area contributed by atoms with Crippen LogP contribution in [0.3, 0.4) is 0 Å². The Labute approximate surface area is 138 Å². The molecule has 0 amide bonds. The van der Waals surface area contributed by atoms with Gasteiger partial charge in [-0.1, -0.05) is 0 Å². The first-order valence-electron chi connectivity index (χ1n) is 8.12. The summed E-state index contributed by atoms with van der Waals surface area (Å²) in [5, 5.41) is 0. The molecule has 0 fully saturated rings. The maximum atomic E-state index is 7.84. The van der Waals surface area contributed by atoms with Crippen LogP contribution in [0, 0.1) is 0 Å². The van der Waals surface area contributed by atoms with Gasteiger partial charge in [0.1, 0.15) is 0 Å². The van der Waals surface area contributed by atoms with E-state index in [0.29, 0.717) is 0 Å². The molecule has 0 heterocycles. The Morgan fingerprint density at radius 2 is 1.05 bits per heavy atom. The second-order valence-electron chi connectivity index (χ2n) is 9.84.